The molecule has 0 aliphatic carbocycles. The molecule has 1 aromatic heterocycles. The van der Waals surface area contributed by atoms with Crippen molar-refractivity contribution < 1.29 is 14.0 Å². The lowest BCUT2D eigenvalue weighted by atomic mass is 9.87. The summed E-state index contributed by atoms with van der Waals surface area (Å²) in [5.41, 5.74) is 4.12. The lowest BCUT2D eigenvalue weighted by molar-refractivity contribution is -0.122. The highest BCUT2D eigenvalue weighted by Gasteiger charge is 2.40. The number of hydrogen-bond donors (Lipinski definition) is 1. The number of anilines is 1. The van der Waals surface area contributed by atoms with Gasteiger partial charge in [0.05, 0.1) is 22.4 Å². The fraction of sp³-hybridized carbons (Fsp3) is 0.393. The number of thioether (sulfide) groups is 1. The maximum atomic E-state index is 13.8. The van der Waals surface area contributed by atoms with E-state index in [1.807, 2.05) is 42.8 Å². The quantitative estimate of drug-likeness (QED) is 0.490. The molecule has 1 aliphatic rings. The zero-order valence-corrected chi connectivity index (χ0v) is 22.3. The molecule has 1 N–H and O–H groups in total. The summed E-state index contributed by atoms with van der Waals surface area (Å²) in [6, 6.07) is 14.3. The second kappa shape index (κ2) is 10.5. The molecule has 3 aromatic rings. The van der Waals surface area contributed by atoms with Gasteiger partial charge in [-0.15, -0.1) is 11.8 Å². The van der Waals surface area contributed by atoms with Gasteiger partial charge in [-0.05, 0) is 42.7 Å². The maximum Gasteiger partial charge on any atom is 0.240 e. The molecule has 2 aromatic carbocycles. The minimum atomic E-state index is -0.347. The molecular formula is C28H33FN4O2S. The van der Waals surface area contributed by atoms with Crippen LogP contribution in [0.2, 0.25) is 0 Å². The first-order chi connectivity index (χ1) is 17.1. The van der Waals surface area contributed by atoms with Crippen LogP contribution in [-0.2, 0) is 15.0 Å². The van der Waals surface area contributed by atoms with E-state index in [0.717, 1.165) is 34.5 Å². The van der Waals surface area contributed by atoms with Gasteiger partial charge >= 0.3 is 0 Å². The first-order valence-corrected chi connectivity index (χ1v) is 13.3. The third kappa shape index (κ3) is 5.19. The van der Waals surface area contributed by atoms with Crippen molar-refractivity contribution in [3.63, 3.8) is 0 Å². The highest BCUT2D eigenvalue weighted by molar-refractivity contribution is 8.00. The van der Waals surface area contributed by atoms with Crippen LogP contribution in [0.5, 0.6) is 0 Å². The van der Waals surface area contributed by atoms with Gasteiger partial charge in [0.15, 0.2) is 0 Å². The molecule has 36 heavy (non-hydrogen) atoms. The van der Waals surface area contributed by atoms with E-state index in [1.54, 1.807) is 17.0 Å². The molecular weight excluding hydrogens is 475 g/mol. The number of nitrogens with one attached hydrogen (secondary N) is 1. The molecule has 6 nitrogen and oxygen atoms in total. The summed E-state index contributed by atoms with van der Waals surface area (Å²) < 4.78 is 15.6. The molecule has 0 saturated carbocycles. The zero-order valence-electron chi connectivity index (χ0n) is 21.5. The molecule has 2 heterocycles. The van der Waals surface area contributed by atoms with Crippen LogP contribution in [-0.4, -0.2) is 40.4 Å². The molecule has 1 aliphatic heterocycles. The maximum absolute atomic E-state index is 13.8. The van der Waals surface area contributed by atoms with Gasteiger partial charge in [0.2, 0.25) is 11.8 Å². The van der Waals surface area contributed by atoms with Crippen molar-refractivity contribution in [1.82, 2.24) is 15.1 Å². The summed E-state index contributed by atoms with van der Waals surface area (Å²) in [4.78, 5) is 28.0. The van der Waals surface area contributed by atoms with E-state index in [1.165, 1.54) is 23.9 Å². The van der Waals surface area contributed by atoms with Gasteiger partial charge in [0, 0.05) is 17.5 Å². The number of rotatable bonds is 6. The average molecular weight is 509 g/mol. The number of halogens is 1. The van der Waals surface area contributed by atoms with Crippen molar-refractivity contribution in [3.8, 4) is 5.69 Å². The van der Waals surface area contributed by atoms with E-state index in [4.69, 9.17) is 5.10 Å². The minimum Gasteiger partial charge on any atom is -0.355 e. The molecule has 2 amide bonds. The predicted molar refractivity (Wildman–Crippen MR) is 143 cm³/mol. The Balaban J connectivity index is 2.00. The zero-order chi connectivity index (χ0) is 26.0. The monoisotopic (exact) mass is 508 g/mol. The molecule has 0 radical (unpaired) electrons. The number of carbonyl (C=O) groups excluding carboxylic acids is 2. The van der Waals surface area contributed by atoms with Crippen molar-refractivity contribution in [2.75, 3.05) is 23.7 Å². The Morgan fingerprint density at radius 2 is 1.86 bits per heavy atom. The van der Waals surface area contributed by atoms with Crippen LogP contribution < -0.4 is 10.2 Å². The fourth-order valence-electron chi connectivity index (χ4n) is 4.41. The van der Waals surface area contributed by atoms with Gasteiger partial charge in [-0.1, -0.05) is 58.0 Å². The van der Waals surface area contributed by atoms with E-state index in [0.29, 0.717) is 12.4 Å². The van der Waals surface area contributed by atoms with Gasteiger partial charge in [-0.2, -0.15) is 5.10 Å². The standard InChI is InChI=1S/C28H33FN4O2S/c1-6-15-30-22(34)16-32-23(35)17-36-25(19-11-13-20(29)14-12-19)24-26(28(3,4)5)31-33(27(24)32)21-10-8-7-9-18(21)2/h7-14,25H,6,15-17H2,1-5H3,(H,30,34)/t25-/m1/s1. The molecule has 8 heteroatoms. The highest BCUT2D eigenvalue weighted by atomic mass is 32.2. The van der Waals surface area contributed by atoms with Crippen LogP contribution in [0.1, 0.15) is 61.7 Å². The molecule has 0 saturated heterocycles. The number of aryl methyl sites for hydroxylation is 1. The number of hydrogen-bond acceptors (Lipinski definition) is 4. The van der Waals surface area contributed by atoms with Crippen molar-refractivity contribution in [1.29, 1.82) is 0 Å². The summed E-state index contributed by atoms with van der Waals surface area (Å²) in [5, 5.41) is 7.73. The van der Waals surface area contributed by atoms with Crippen LogP contribution >= 0.6 is 11.8 Å². The van der Waals surface area contributed by atoms with E-state index in [2.05, 4.69) is 26.1 Å². The summed E-state index contributed by atoms with van der Waals surface area (Å²) in [6.45, 7) is 10.7. The van der Waals surface area contributed by atoms with Crippen molar-refractivity contribution in [2.24, 2.45) is 0 Å². The van der Waals surface area contributed by atoms with Crippen molar-refractivity contribution >= 4 is 29.4 Å². The van der Waals surface area contributed by atoms with E-state index >= 15 is 0 Å². The summed E-state index contributed by atoms with van der Waals surface area (Å²) in [6.07, 6.45) is 0.808. The summed E-state index contributed by atoms with van der Waals surface area (Å²) >= 11 is 1.49. The van der Waals surface area contributed by atoms with Gasteiger partial charge in [0.25, 0.3) is 0 Å². The second-order valence-corrected chi connectivity index (χ2v) is 11.2. The Morgan fingerprint density at radius 1 is 1.17 bits per heavy atom. The lowest BCUT2D eigenvalue weighted by Crippen LogP contribution is -2.42. The van der Waals surface area contributed by atoms with E-state index in [9.17, 15) is 14.0 Å². The Kier molecular flexibility index (Phi) is 7.54. The first kappa shape index (κ1) is 25.9. The number of para-hydroxylation sites is 1. The third-order valence-corrected chi connectivity index (χ3v) is 7.44. The predicted octanol–water partition coefficient (Wildman–Crippen LogP) is 5.31. The van der Waals surface area contributed by atoms with Crippen LogP contribution in [0.4, 0.5) is 10.2 Å². The fourth-order valence-corrected chi connectivity index (χ4v) is 5.61. The Hall–Kier alpha value is -3.13. The average Bonchev–Trinajstić information content (AvgIpc) is 3.17. The Bertz CT molecular complexity index is 1260. The van der Waals surface area contributed by atoms with E-state index < -0.39 is 0 Å². The number of aromatic nitrogens is 2. The van der Waals surface area contributed by atoms with Gasteiger partial charge < -0.3 is 5.32 Å². The molecule has 0 bridgehead atoms. The minimum absolute atomic E-state index is 0.0936. The van der Waals surface area contributed by atoms with Crippen molar-refractivity contribution in [2.45, 2.75) is 51.7 Å². The summed E-state index contributed by atoms with van der Waals surface area (Å²) in [7, 11) is 0. The third-order valence-electron chi connectivity index (χ3n) is 6.19. The largest absolute Gasteiger partial charge is 0.355 e. The molecule has 0 unspecified atom stereocenters. The number of fused-ring (bicyclic) bond motifs is 1. The SMILES string of the molecule is CCCNC(=O)CN1C(=O)CS[C@H](c2ccc(F)cc2)c2c(C(C)(C)C)nn(-c3ccccc3C)c21. The number of amides is 2. The van der Waals surface area contributed by atoms with Gasteiger partial charge in [0.1, 0.15) is 18.2 Å². The summed E-state index contributed by atoms with van der Waals surface area (Å²) in [5.74, 6) is 0.110. The number of benzene rings is 2. The molecule has 1 atom stereocenters. The van der Waals surface area contributed by atoms with E-state index in [-0.39, 0.29) is 40.6 Å². The highest BCUT2D eigenvalue weighted by Crippen LogP contribution is 2.48. The number of carbonyl (C=O) groups is 2. The van der Waals surface area contributed by atoms with Gasteiger partial charge in [-0.3, -0.25) is 14.5 Å². The van der Waals surface area contributed by atoms with Crippen LogP contribution in [0.15, 0.2) is 48.5 Å². The normalized spacial score (nSPS) is 16.0. The Morgan fingerprint density at radius 3 is 2.50 bits per heavy atom. The van der Waals surface area contributed by atoms with Crippen LogP contribution in [0, 0.1) is 12.7 Å². The Labute approximate surface area is 216 Å². The molecule has 0 spiro atoms. The lowest BCUT2D eigenvalue weighted by Gasteiger charge is -2.24. The first-order valence-electron chi connectivity index (χ1n) is 12.2. The van der Waals surface area contributed by atoms with Crippen LogP contribution in [0.25, 0.3) is 5.69 Å². The van der Waals surface area contributed by atoms with Crippen molar-refractivity contribution in [3.05, 3.63) is 76.7 Å². The number of nitrogens with zero attached hydrogens (tertiary/aromatic N) is 3. The topological polar surface area (TPSA) is 67.2 Å². The van der Waals surface area contributed by atoms with Gasteiger partial charge in [-0.25, -0.2) is 9.07 Å². The molecule has 0 fully saturated rings. The second-order valence-electron chi connectivity index (χ2n) is 10.1. The smallest absolute Gasteiger partial charge is 0.240 e. The molecule has 4 rings (SSSR count). The molecule has 190 valence electrons. The van der Waals surface area contributed by atoms with Crippen LogP contribution in [0.3, 0.4) is 0 Å².